The summed E-state index contributed by atoms with van der Waals surface area (Å²) >= 11 is 0. The minimum atomic E-state index is -0.550. The van der Waals surface area contributed by atoms with Crippen LogP contribution in [0.15, 0.2) is 24.3 Å². The lowest BCUT2D eigenvalue weighted by Gasteiger charge is -2.26. The minimum absolute atomic E-state index is 0.213. The van der Waals surface area contributed by atoms with E-state index in [-0.39, 0.29) is 18.4 Å². The van der Waals surface area contributed by atoms with Crippen LogP contribution >= 0.6 is 0 Å². The number of hydrogen-bond donors (Lipinski definition) is 2. The lowest BCUT2D eigenvalue weighted by molar-refractivity contribution is -0.118. The van der Waals surface area contributed by atoms with Gasteiger partial charge in [0.2, 0.25) is 5.91 Å². The second kappa shape index (κ2) is 6.65. The largest absolute Gasteiger partial charge is 0.364 e. The van der Waals surface area contributed by atoms with Crippen LogP contribution in [0.25, 0.3) is 10.9 Å². The van der Waals surface area contributed by atoms with Crippen molar-refractivity contribution in [3.8, 4) is 0 Å². The molecule has 1 fully saturated rings. The SMILES string of the molecule is CCC(=O)N(N)c1c(C(N)=O)n(C2CCCCC2)c2ccccc12. The average Bonchev–Trinajstić information content (AvgIpc) is 2.96. The molecule has 0 atom stereocenters. The van der Waals surface area contributed by atoms with Gasteiger partial charge in [0.25, 0.3) is 5.91 Å². The van der Waals surface area contributed by atoms with E-state index in [1.165, 1.54) is 6.42 Å². The molecule has 2 aromatic rings. The first-order chi connectivity index (χ1) is 11.6. The van der Waals surface area contributed by atoms with Gasteiger partial charge in [-0.15, -0.1) is 0 Å². The van der Waals surface area contributed by atoms with Crippen LogP contribution in [0.3, 0.4) is 0 Å². The Bertz CT molecular complexity index is 775. The molecule has 2 amide bonds. The van der Waals surface area contributed by atoms with Crippen LogP contribution in [0, 0.1) is 0 Å². The third kappa shape index (κ3) is 2.67. The van der Waals surface area contributed by atoms with Crippen LogP contribution in [-0.2, 0) is 4.79 Å². The lowest BCUT2D eigenvalue weighted by atomic mass is 9.95. The molecule has 1 aliphatic rings. The van der Waals surface area contributed by atoms with Gasteiger partial charge < -0.3 is 10.3 Å². The summed E-state index contributed by atoms with van der Waals surface area (Å²) in [6.45, 7) is 1.74. The molecule has 6 nitrogen and oxygen atoms in total. The molecule has 0 saturated heterocycles. The molecule has 0 radical (unpaired) electrons. The smallest absolute Gasteiger partial charge is 0.267 e. The molecule has 3 rings (SSSR count). The molecule has 0 spiro atoms. The topological polar surface area (TPSA) is 94.3 Å². The Kier molecular flexibility index (Phi) is 4.57. The van der Waals surface area contributed by atoms with Crippen molar-refractivity contribution < 1.29 is 9.59 Å². The van der Waals surface area contributed by atoms with Gasteiger partial charge in [0.1, 0.15) is 5.69 Å². The highest BCUT2D eigenvalue weighted by atomic mass is 16.2. The van der Waals surface area contributed by atoms with E-state index in [0.29, 0.717) is 11.4 Å². The summed E-state index contributed by atoms with van der Waals surface area (Å²) in [6.07, 6.45) is 5.74. The van der Waals surface area contributed by atoms with E-state index >= 15 is 0 Å². The van der Waals surface area contributed by atoms with Gasteiger partial charge in [-0.1, -0.05) is 44.4 Å². The van der Waals surface area contributed by atoms with Crippen molar-refractivity contribution in [3.05, 3.63) is 30.0 Å². The fourth-order valence-corrected chi connectivity index (χ4v) is 3.74. The molecule has 1 aromatic carbocycles. The number of rotatable bonds is 4. The molecule has 0 bridgehead atoms. The van der Waals surface area contributed by atoms with Crippen LogP contribution in [-0.4, -0.2) is 16.4 Å². The number of amides is 2. The van der Waals surface area contributed by atoms with E-state index in [0.717, 1.165) is 41.6 Å². The number of nitrogens with two attached hydrogens (primary N) is 2. The Morgan fingerprint density at radius 3 is 2.50 bits per heavy atom. The molecule has 0 aliphatic heterocycles. The number of carbonyl (C=O) groups excluding carboxylic acids is 2. The third-order valence-corrected chi connectivity index (χ3v) is 4.87. The van der Waals surface area contributed by atoms with Crippen LogP contribution < -0.4 is 16.6 Å². The van der Waals surface area contributed by atoms with Gasteiger partial charge in [0.15, 0.2) is 0 Å². The molecule has 1 aliphatic carbocycles. The highest BCUT2D eigenvalue weighted by molar-refractivity contribution is 6.13. The van der Waals surface area contributed by atoms with E-state index in [2.05, 4.69) is 0 Å². The molecule has 0 unspecified atom stereocenters. The number of aromatic nitrogens is 1. The number of hydrogen-bond acceptors (Lipinski definition) is 3. The predicted octanol–water partition coefficient (Wildman–Crippen LogP) is 2.86. The maximum Gasteiger partial charge on any atom is 0.267 e. The van der Waals surface area contributed by atoms with Gasteiger partial charge >= 0.3 is 0 Å². The highest BCUT2D eigenvalue weighted by Gasteiger charge is 2.30. The molecule has 1 saturated carbocycles. The summed E-state index contributed by atoms with van der Waals surface area (Å²) in [6, 6.07) is 7.87. The summed E-state index contributed by atoms with van der Waals surface area (Å²) in [5, 5.41) is 1.88. The number of nitrogens with zero attached hydrogens (tertiary/aromatic N) is 2. The molecule has 1 heterocycles. The maximum atomic E-state index is 12.3. The van der Waals surface area contributed by atoms with E-state index in [9.17, 15) is 9.59 Å². The van der Waals surface area contributed by atoms with Crippen molar-refractivity contribution in [2.75, 3.05) is 5.01 Å². The Labute approximate surface area is 141 Å². The van der Waals surface area contributed by atoms with E-state index < -0.39 is 5.91 Å². The first kappa shape index (κ1) is 16.5. The molecule has 128 valence electrons. The number of fused-ring (bicyclic) bond motifs is 1. The molecule has 24 heavy (non-hydrogen) atoms. The van der Waals surface area contributed by atoms with Gasteiger partial charge in [-0.3, -0.25) is 9.59 Å². The zero-order valence-corrected chi connectivity index (χ0v) is 14.0. The van der Waals surface area contributed by atoms with Crippen molar-refractivity contribution >= 4 is 28.4 Å². The Morgan fingerprint density at radius 1 is 1.21 bits per heavy atom. The van der Waals surface area contributed by atoms with Crippen molar-refractivity contribution in [2.24, 2.45) is 11.6 Å². The number of anilines is 1. The maximum absolute atomic E-state index is 12.3. The predicted molar refractivity (Wildman–Crippen MR) is 94.5 cm³/mol. The number of primary amides is 1. The van der Waals surface area contributed by atoms with Crippen molar-refractivity contribution in [3.63, 3.8) is 0 Å². The zero-order valence-electron chi connectivity index (χ0n) is 14.0. The second-order valence-corrected chi connectivity index (χ2v) is 6.36. The molecular formula is C18H24N4O2. The minimum Gasteiger partial charge on any atom is -0.364 e. The summed E-state index contributed by atoms with van der Waals surface area (Å²) < 4.78 is 2.01. The third-order valence-electron chi connectivity index (χ3n) is 4.87. The quantitative estimate of drug-likeness (QED) is 0.513. The van der Waals surface area contributed by atoms with Crippen molar-refractivity contribution in [2.45, 2.75) is 51.5 Å². The Morgan fingerprint density at radius 2 is 1.88 bits per heavy atom. The normalized spacial score (nSPS) is 15.6. The van der Waals surface area contributed by atoms with Crippen LogP contribution in [0.2, 0.25) is 0 Å². The van der Waals surface area contributed by atoms with E-state index in [4.69, 9.17) is 11.6 Å². The van der Waals surface area contributed by atoms with E-state index in [1.54, 1.807) is 6.92 Å². The Balaban J connectivity index is 2.28. The van der Waals surface area contributed by atoms with Crippen LogP contribution in [0.1, 0.15) is 62.0 Å². The van der Waals surface area contributed by atoms with Gasteiger partial charge in [-0.2, -0.15) is 0 Å². The fourth-order valence-electron chi connectivity index (χ4n) is 3.74. The highest BCUT2D eigenvalue weighted by Crippen LogP contribution is 2.39. The van der Waals surface area contributed by atoms with Crippen molar-refractivity contribution in [1.82, 2.24) is 4.57 Å². The standard InChI is InChI=1S/C18H24N4O2/c1-2-15(23)22(20)16-13-10-6-7-11-14(13)21(17(16)18(19)24)12-8-4-3-5-9-12/h6-7,10-12H,2-5,8-9,20H2,1H3,(H2,19,24). The lowest BCUT2D eigenvalue weighted by Crippen LogP contribution is -2.38. The fraction of sp³-hybridized carbons (Fsp3) is 0.444. The number of carbonyl (C=O) groups is 2. The van der Waals surface area contributed by atoms with Gasteiger partial charge in [-0.05, 0) is 18.9 Å². The monoisotopic (exact) mass is 328 g/mol. The number of benzene rings is 1. The zero-order chi connectivity index (χ0) is 17.3. The Hall–Kier alpha value is -2.34. The first-order valence-corrected chi connectivity index (χ1v) is 8.56. The van der Waals surface area contributed by atoms with E-state index in [1.807, 2.05) is 28.8 Å². The summed E-state index contributed by atoms with van der Waals surface area (Å²) in [7, 11) is 0. The van der Waals surface area contributed by atoms with Gasteiger partial charge in [-0.25, -0.2) is 10.9 Å². The number of para-hydroxylation sites is 1. The summed E-state index contributed by atoms with van der Waals surface area (Å²) in [5.74, 6) is 5.26. The molecule has 4 N–H and O–H groups in total. The second-order valence-electron chi connectivity index (χ2n) is 6.36. The average molecular weight is 328 g/mol. The van der Waals surface area contributed by atoms with Crippen LogP contribution in [0.5, 0.6) is 0 Å². The van der Waals surface area contributed by atoms with Crippen LogP contribution in [0.4, 0.5) is 5.69 Å². The first-order valence-electron chi connectivity index (χ1n) is 8.56. The molecule has 1 aromatic heterocycles. The molecule has 6 heteroatoms. The summed E-state index contributed by atoms with van der Waals surface area (Å²) in [4.78, 5) is 24.4. The number of hydrazine groups is 1. The molecular weight excluding hydrogens is 304 g/mol. The van der Waals surface area contributed by atoms with Gasteiger partial charge in [0.05, 0.1) is 11.2 Å². The summed E-state index contributed by atoms with van der Waals surface area (Å²) in [5.41, 5.74) is 7.39. The van der Waals surface area contributed by atoms with Gasteiger partial charge in [0, 0.05) is 17.8 Å². The van der Waals surface area contributed by atoms with Crippen molar-refractivity contribution in [1.29, 1.82) is 0 Å².